The van der Waals surface area contributed by atoms with Gasteiger partial charge in [0.1, 0.15) is 0 Å². The first-order valence-electron chi connectivity index (χ1n) is 8.46. The Hall–Kier alpha value is -2.36. The van der Waals surface area contributed by atoms with Crippen molar-refractivity contribution < 1.29 is 19.8 Å². The molecule has 0 unspecified atom stereocenters. The summed E-state index contributed by atoms with van der Waals surface area (Å²) in [6.07, 6.45) is 11.6. The molecule has 4 heteroatoms. The average molecular weight is 344 g/mol. The fraction of sp³-hybridized carbons (Fsp3) is 0.429. The molecule has 0 amide bonds. The Morgan fingerprint density at radius 2 is 1.76 bits per heavy atom. The van der Waals surface area contributed by atoms with Crippen molar-refractivity contribution in [2.45, 2.75) is 53.9 Å². The highest BCUT2D eigenvalue weighted by Crippen LogP contribution is 2.40. The van der Waals surface area contributed by atoms with Crippen LogP contribution in [0.4, 0.5) is 0 Å². The van der Waals surface area contributed by atoms with Crippen LogP contribution in [0.3, 0.4) is 0 Å². The van der Waals surface area contributed by atoms with Crippen LogP contribution in [0.15, 0.2) is 58.2 Å². The minimum Gasteiger partial charge on any atom is -0.478 e. The van der Waals surface area contributed by atoms with E-state index in [2.05, 4.69) is 26.8 Å². The van der Waals surface area contributed by atoms with Crippen LogP contribution in [0.5, 0.6) is 0 Å². The molecule has 1 aliphatic rings. The maximum atomic E-state index is 11.3. The summed E-state index contributed by atoms with van der Waals surface area (Å²) >= 11 is 0. The van der Waals surface area contributed by atoms with Crippen LogP contribution in [0, 0.1) is 5.41 Å². The highest BCUT2D eigenvalue weighted by molar-refractivity contribution is 5.94. The first-order chi connectivity index (χ1) is 11.5. The second-order valence-corrected chi connectivity index (χ2v) is 7.23. The lowest BCUT2D eigenvalue weighted by atomic mass is 9.72. The topological polar surface area (TPSA) is 74.6 Å². The van der Waals surface area contributed by atoms with Gasteiger partial charge in [0.25, 0.3) is 0 Å². The number of hydrogen-bond acceptors (Lipinski definition) is 2. The Morgan fingerprint density at radius 1 is 1.12 bits per heavy atom. The number of allylic oxidation sites excluding steroid dienone is 7. The first-order valence-corrected chi connectivity index (χ1v) is 8.46. The van der Waals surface area contributed by atoms with E-state index in [4.69, 9.17) is 5.11 Å². The lowest BCUT2D eigenvalue weighted by Gasteiger charge is -2.32. The molecule has 2 N–H and O–H groups in total. The van der Waals surface area contributed by atoms with E-state index in [1.54, 1.807) is 6.08 Å². The Labute approximate surface area is 149 Å². The molecule has 0 aromatic carbocycles. The molecule has 0 aliphatic heterocycles. The molecule has 0 saturated heterocycles. The van der Waals surface area contributed by atoms with E-state index in [1.807, 2.05) is 13.0 Å². The second-order valence-electron chi connectivity index (χ2n) is 7.23. The van der Waals surface area contributed by atoms with Crippen LogP contribution in [0.2, 0.25) is 0 Å². The standard InChI is InChI=1S/C21H28O4/c1-14(8-10-17(20(24)25)16(3)13-19(22)23)9-11-18-15(2)7-6-12-21(18,4)5/h8-11,13H,6-7,12H2,1-5H3,(H,22,23)(H,24,25)/b11-9?,14-8?,16-13-,17-10?. The Balaban J connectivity index is 3.07. The largest absolute Gasteiger partial charge is 0.478 e. The van der Waals surface area contributed by atoms with E-state index in [1.165, 1.54) is 30.6 Å². The zero-order valence-electron chi connectivity index (χ0n) is 15.7. The summed E-state index contributed by atoms with van der Waals surface area (Å²) in [4.78, 5) is 22.0. The molecule has 0 aromatic heterocycles. The third-order valence-corrected chi connectivity index (χ3v) is 4.56. The van der Waals surface area contributed by atoms with Crippen molar-refractivity contribution in [3.63, 3.8) is 0 Å². The highest BCUT2D eigenvalue weighted by Gasteiger charge is 2.26. The molecule has 0 aromatic rings. The molecule has 0 saturated carbocycles. The van der Waals surface area contributed by atoms with Crippen LogP contribution in [-0.2, 0) is 9.59 Å². The van der Waals surface area contributed by atoms with E-state index in [0.29, 0.717) is 0 Å². The smallest absolute Gasteiger partial charge is 0.335 e. The van der Waals surface area contributed by atoms with Crippen molar-refractivity contribution in [2.75, 3.05) is 0 Å². The van der Waals surface area contributed by atoms with Crippen LogP contribution in [0.25, 0.3) is 0 Å². The summed E-state index contributed by atoms with van der Waals surface area (Å²) in [5, 5.41) is 18.0. The third kappa shape index (κ3) is 6.22. The van der Waals surface area contributed by atoms with Gasteiger partial charge in [0, 0.05) is 6.08 Å². The van der Waals surface area contributed by atoms with E-state index in [9.17, 15) is 14.7 Å². The predicted octanol–water partition coefficient (Wildman–Crippen LogP) is 5.06. The first kappa shape index (κ1) is 20.7. The third-order valence-electron chi connectivity index (χ3n) is 4.56. The molecule has 1 aliphatic carbocycles. The minimum atomic E-state index is -1.16. The van der Waals surface area contributed by atoms with Crippen molar-refractivity contribution >= 4 is 11.9 Å². The normalized spacial score (nSPS) is 19.5. The predicted molar refractivity (Wildman–Crippen MR) is 100 cm³/mol. The molecular weight excluding hydrogens is 316 g/mol. The molecule has 0 bridgehead atoms. The summed E-state index contributed by atoms with van der Waals surface area (Å²) in [6, 6.07) is 0. The van der Waals surface area contributed by atoms with Gasteiger partial charge in [0.2, 0.25) is 0 Å². The van der Waals surface area contributed by atoms with Gasteiger partial charge in [-0.3, -0.25) is 0 Å². The van der Waals surface area contributed by atoms with E-state index in [0.717, 1.165) is 24.5 Å². The summed E-state index contributed by atoms with van der Waals surface area (Å²) in [7, 11) is 0. The minimum absolute atomic E-state index is 0.0245. The Bertz CT molecular complexity index is 697. The van der Waals surface area contributed by atoms with Gasteiger partial charge >= 0.3 is 11.9 Å². The molecule has 0 atom stereocenters. The SMILES string of the molecule is CC(C=CC1=C(C)CCCC1(C)C)=CC=C(C(=O)O)/C(C)=C\C(=O)O. The highest BCUT2D eigenvalue weighted by atomic mass is 16.4. The zero-order chi connectivity index (χ0) is 19.2. The number of aliphatic carboxylic acids is 2. The van der Waals surface area contributed by atoms with Gasteiger partial charge in [-0.25, -0.2) is 9.59 Å². The average Bonchev–Trinajstić information content (AvgIpc) is 2.44. The number of rotatable bonds is 6. The van der Waals surface area contributed by atoms with Crippen molar-refractivity contribution in [3.05, 3.63) is 58.2 Å². The van der Waals surface area contributed by atoms with Gasteiger partial charge in [-0.15, -0.1) is 0 Å². The zero-order valence-corrected chi connectivity index (χ0v) is 15.7. The second kappa shape index (κ2) is 8.65. The van der Waals surface area contributed by atoms with Gasteiger partial charge in [-0.2, -0.15) is 0 Å². The Kier molecular flexibility index (Phi) is 7.16. The van der Waals surface area contributed by atoms with Gasteiger partial charge < -0.3 is 10.2 Å². The van der Waals surface area contributed by atoms with Crippen LogP contribution < -0.4 is 0 Å². The maximum absolute atomic E-state index is 11.3. The van der Waals surface area contributed by atoms with Crippen molar-refractivity contribution in [3.8, 4) is 0 Å². The van der Waals surface area contributed by atoms with Crippen molar-refractivity contribution in [2.24, 2.45) is 5.41 Å². The van der Waals surface area contributed by atoms with E-state index in [-0.39, 0.29) is 16.6 Å². The molecule has 4 nitrogen and oxygen atoms in total. The number of carboxylic acids is 2. The monoisotopic (exact) mass is 344 g/mol. The van der Waals surface area contributed by atoms with E-state index >= 15 is 0 Å². The number of carbonyl (C=O) groups is 2. The molecule has 0 heterocycles. The molecule has 1 rings (SSSR count). The molecular formula is C21H28O4. The van der Waals surface area contributed by atoms with E-state index < -0.39 is 11.9 Å². The van der Waals surface area contributed by atoms with Crippen molar-refractivity contribution in [1.82, 2.24) is 0 Å². The van der Waals surface area contributed by atoms with Gasteiger partial charge in [-0.05, 0) is 62.7 Å². The number of hydrogen-bond donors (Lipinski definition) is 2. The quantitative estimate of drug-likeness (QED) is 0.522. The molecule has 0 fully saturated rings. The van der Waals surface area contributed by atoms with Gasteiger partial charge in [0.05, 0.1) is 5.57 Å². The molecule has 25 heavy (non-hydrogen) atoms. The lowest BCUT2D eigenvalue weighted by molar-refractivity contribution is -0.132. The fourth-order valence-corrected chi connectivity index (χ4v) is 3.13. The fourth-order valence-electron chi connectivity index (χ4n) is 3.13. The summed E-state index contributed by atoms with van der Waals surface area (Å²) in [5.41, 5.74) is 3.99. The molecule has 0 spiro atoms. The lowest BCUT2D eigenvalue weighted by Crippen LogP contribution is -2.19. The van der Waals surface area contributed by atoms with Gasteiger partial charge in [-0.1, -0.05) is 43.2 Å². The summed E-state index contributed by atoms with van der Waals surface area (Å²) < 4.78 is 0. The maximum Gasteiger partial charge on any atom is 0.335 e. The Morgan fingerprint density at radius 3 is 2.28 bits per heavy atom. The van der Waals surface area contributed by atoms with Crippen LogP contribution >= 0.6 is 0 Å². The van der Waals surface area contributed by atoms with Gasteiger partial charge in [0.15, 0.2) is 0 Å². The van der Waals surface area contributed by atoms with Crippen molar-refractivity contribution in [1.29, 1.82) is 0 Å². The summed E-state index contributed by atoms with van der Waals surface area (Å²) in [6.45, 7) is 10.0. The number of carboxylic acid groups (broad SMARTS) is 2. The molecule has 0 radical (unpaired) electrons. The summed E-state index contributed by atoms with van der Waals surface area (Å²) in [5.74, 6) is -2.30. The molecule has 136 valence electrons. The van der Waals surface area contributed by atoms with Crippen LogP contribution in [0.1, 0.15) is 53.9 Å². The van der Waals surface area contributed by atoms with Crippen LogP contribution in [-0.4, -0.2) is 22.2 Å².